The fourth-order valence-electron chi connectivity index (χ4n) is 1.89. The summed E-state index contributed by atoms with van der Waals surface area (Å²) in [7, 11) is 1.41. The molecule has 2 N–H and O–H groups in total. The number of nitro groups is 1. The van der Waals surface area contributed by atoms with Crippen molar-refractivity contribution in [3.05, 3.63) is 33.9 Å². The van der Waals surface area contributed by atoms with Gasteiger partial charge in [-0.25, -0.2) is 0 Å². The summed E-state index contributed by atoms with van der Waals surface area (Å²) < 4.78 is 37.8. The van der Waals surface area contributed by atoms with Crippen LogP contribution in [-0.4, -0.2) is 46.9 Å². The molecule has 11 heteroatoms. The van der Waals surface area contributed by atoms with Gasteiger partial charge in [-0.2, -0.15) is 13.2 Å². The zero-order chi connectivity index (χ0) is 19.2. The number of benzene rings is 1. The highest BCUT2D eigenvalue weighted by Gasteiger charge is 2.33. The van der Waals surface area contributed by atoms with Crippen molar-refractivity contribution in [2.24, 2.45) is 0 Å². The lowest BCUT2D eigenvalue weighted by Gasteiger charge is -2.16. The van der Waals surface area contributed by atoms with Crippen LogP contribution in [-0.2, 0) is 15.8 Å². The van der Waals surface area contributed by atoms with Gasteiger partial charge in [-0.1, -0.05) is 0 Å². The Morgan fingerprint density at radius 1 is 1.32 bits per heavy atom. The van der Waals surface area contributed by atoms with E-state index in [1.807, 2.05) is 0 Å². The van der Waals surface area contributed by atoms with E-state index in [4.69, 9.17) is 5.11 Å². The summed E-state index contributed by atoms with van der Waals surface area (Å²) in [6.07, 6.45) is -5.03. The second-order valence-electron chi connectivity index (χ2n) is 5.12. The van der Waals surface area contributed by atoms with Crippen LogP contribution in [0.5, 0.6) is 0 Å². The Bertz CT molecular complexity index is 664. The number of nitrogens with one attached hydrogen (secondary N) is 1. The van der Waals surface area contributed by atoms with Gasteiger partial charge in [0.1, 0.15) is 5.69 Å². The molecule has 0 aliphatic heterocycles. The van der Waals surface area contributed by atoms with Gasteiger partial charge in [0.05, 0.1) is 16.9 Å². The molecule has 0 aliphatic carbocycles. The Balaban J connectivity index is 2.69. The number of carboxylic acids is 1. The molecule has 0 atom stereocenters. The molecular formula is C14H16F3N3O5. The number of anilines is 1. The standard InChI is InChI=1S/C14H16F3N3O5/c1-19(7-5-13(22)23)12(21)4-6-18-10-3-2-9(14(15,16)17)8-11(10)20(24)25/h2-3,8,18H,4-7H2,1H3,(H,22,23). The number of amides is 1. The molecule has 0 spiro atoms. The zero-order valence-electron chi connectivity index (χ0n) is 13.2. The minimum Gasteiger partial charge on any atom is -0.481 e. The summed E-state index contributed by atoms with van der Waals surface area (Å²) in [6.45, 7) is -0.0446. The number of hydrogen-bond donors (Lipinski definition) is 2. The molecule has 0 heterocycles. The van der Waals surface area contributed by atoms with E-state index in [1.165, 1.54) is 11.9 Å². The van der Waals surface area contributed by atoms with Crippen LogP contribution >= 0.6 is 0 Å². The van der Waals surface area contributed by atoms with Crippen LogP contribution in [0.1, 0.15) is 18.4 Å². The minimum atomic E-state index is -4.70. The fraction of sp³-hybridized carbons (Fsp3) is 0.429. The SMILES string of the molecule is CN(CCC(=O)O)C(=O)CCNc1ccc(C(F)(F)F)cc1[N+](=O)[O-]. The predicted molar refractivity (Wildman–Crippen MR) is 81.1 cm³/mol. The summed E-state index contributed by atoms with van der Waals surface area (Å²) in [5, 5.41) is 22.0. The third-order valence-electron chi connectivity index (χ3n) is 3.26. The highest BCUT2D eigenvalue weighted by Crippen LogP contribution is 2.34. The average molecular weight is 363 g/mol. The van der Waals surface area contributed by atoms with Crippen molar-refractivity contribution in [2.75, 3.05) is 25.5 Å². The molecule has 25 heavy (non-hydrogen) atoms. The molecule has 138 valence electrons. The van der Waals surface area contributed by atoms with E-state index in [9.17, 15) is 32.9 Å². The van der Waals surface area contributed by atoms with Gasteiger partial charge in [-0.05, 0) is 12.1 Å². The third-order valence-corrected chi connectivity index (χ3v) is 3.26. The number of carbonyl (C=O) groups excluding carboxylic acids is 1. The van der Waals surface area contributed by atoms with Crippen molar-refractivity contribution in [3.8, 4) is 0 Å². The number of hydrogen-bond acceptors (Lipinski definition) is 5. The normalized spacial score (nSPS) is 11.0. The summed E-state index contributed by atoms with van der Waals surface area (Å²) >= 11 is 0. The Kier molecular flexibility index (Phi) is 6.71. The predicted octanol–water partition coefficient (Wildman–Crippen LogP) is 2.35. The molecule has 0 bridgehead atoms. The number of carbonyl (C=O) groups is 2. The second kappa shape index (κ2) is 8.31. The van der Waals surface area contributed by atoms with Gasteiger partial charge >= 0.3 is 12.1 Å². The molecule has 0 aromatic heterocycles. The molecule has 8 nitrogen and oxygen atoms in total. The summed E-state index contributed by atoms with van der Waals surface area (Å²) in [6, 6.07) is 2.05. The van der Waals surface area contributed by atoms with Crippen LogP contribution in [0.25, 0.3) is 0 Å². The number of alkyl halides is 3. The molecule has 0 aliphatic rings. The minimum absolute atomic E-state index is 0.00853. The smallest absolute Gasteiger partial charge is 0.416 e. The number of carboxylic acid groups (broad SMARTS) is 1. The van der Waals surface area contributed by atoms with Crippen molar-refractivity contribution >= 4 is 23.3 Å². The van der Waals surface area contributed by atoms with Gasteiger partial charge in [0.25, 0.3) is 5.69 Å². The van der Waals surface area contributed by atoms with Crippen LogP contribution in [0, 0.1) is 10.1 Å². The number of aliphatic carboxylic acids is 1. The lowest BCUT2D eigenvalue weighted by Crippen LogP contribution is -2.30. The van der Waals surface area contributed by atoms with Gasteiger partial charge in [0, 0.05) is 32.6 Å². The molecule has 1 rings (SSSR count). The Morgan fingerprint density at radius 3 is 2.48 bits per heavy atom. The molecular weight excluding hydrogens is 347 g/mol. The lowest BCUT2D eigenvalue weighted by molar-refractivity contribution is -0.384. The van der Waals surface area contributed by atoms with Crippen molar-refractivity contribution < 1.29 is 32.8 Å². The highest BCUT2D eigenvalue weighted by atomic mass is 19.4. The maximum absolute atomic E-state index is 12.6. The first-order valence-electron chi connectivity index (χ1n) is 7.07. The van der Waals surface area contributed by atoms with Crippen molar-refractivity contribution in [1.82, 2.24) is 4.90 Å². The average Bonchev–Trinajstić information content (AvgIpc) is 2.51. The van der Waals surface area contributed by atoms with Crippen LogP contribution in [0.15, 0.2) is 18.2 Å². The molecule has 0 radical (unpaired) electrons. The molecule has 0 saturated heterocycles. The molecule has 1 aromatic carbocycles. The van der Waals surface area contributed by atoms with Crippen LogP contribution in [0.4, 0.5) is 24.5 Å². The van der Waals surface area contributed by atoms with Gasteiger partial charge in [-0.3, -0.25) is 19.7 Å². The first-order valence-corrected chi connectivity index (χ1v) is 7.07. The van der Waals surface area contributed by atoms with E-state index in [1.54, 1.807) is 0 Å². The molecule has 1 amide bonds. The number of nitrogens with zero attached hydrogens (tertiary/aromatic N) is 2. The summed E-state index contributed by atoms with van der Waals surface area (Å²) in [5.41, 5.74) is -2.03. The Labute approximate surface area is 140 Å². The fourth-order valence-corrected chi connectivity index (χ4v) is 1.89. The van der Waals surface area contributed by atoms with E-state index >= 15 is 0 Å². The van der Waals surface area contributed by atoms with Crippen LogP contribution in [0.3, 0.4) is 0 Å². The number of nitro benzene ring substituents is 1. The quantitative estimate of drug-likeness (QED) is 0.541. The monoisotopic (exact) mass is 363 g/mol. The van der Waals surface area contributed by atoms with E-state index in [0.717, 1.165) is 6.07 Å². The van der Waals surface area contributed by atoms with Crippen LogP contribution < -0.4 is 5.32 Å². The van der Waals surface area contributed by atoms with Gasteiger partial charge in [0.15, 0.2) is 0 Å². The van der Waals surface area contributed by atoms with Crippen molar-refractivity contribution in [2.45, 2.75) is 19.0 Å². The molecule has 1 aromatic rings. The largest absolute Gasteiger partial charge is 0.481 e. The third kappa shape index (κ3) is 6.28. The van der Waals surface area contributed by atoms with Gasteiger partial charge < -0.3 is 15.3 Å². The second-order valence-corrected chi connectivity index (χ2v) is 5.12. The molecule has 0 unspecified atom stereocenters. The van der Waals surface area contributed by atoms with Crippen LogP contribution in [0.2, 0.25) is 0 Å². The van der Waals surface area contributed by atoms with E-state index < -0.39 is 34.2 Å². The topological polar surface area (TPSA) is 113 Å². The molecule has 0 fully saturated rings. The number of rotatable bonds is 8. The Hall–Kier alpha value is -2.85. The summed E-state index contributed by atoms with van der Waals surface area (Å²) in [4.78, 5) is 33.4. The lowest BCUT2D eigenvalue weighted by atomic mass is 10.1. The van der Waals surface area contributed by atoms with E-state index in [0.29, 0.717) is 12.1 Å². The summed E-state index contributed by atoms with van der Waals surface area (Å²) in [5.74, 6) is -1.46. The Morgan fingerprint density at radius 2 is 1.96 bits per heavy atom. The van der Waals surface area contributed by atoms with Crippen molar-refractivity contribution in [1.29, 1.82) is 0 Å². The highest BCUT2D eigenvalue weighted by molar-refractivity contribution is 5.77. The van der Waals surface area contributed by atoms with E-state index in [-0.39, 0.29) is 31.6 Å². The van der Waals surface area contributed by atoms with E-state index in [2.05, 4.69) is 5.32 Å². The number of halogens is 3. The van der Waals surface area contributed by atoms with Gasteiger partial charge in [-0.15, -0.1) is 0 Å². The zero-order valence-corrected chi connectivity index (χ0v) is 13.2. The first kappa shape index (κ1) is 20.2. The maximum Gasteiger partial charge on any atom is 0.416 e. The maximum atomic E-state index is 12.6. The first-order chi connectivity index (χ1) is 11.5. The van der Waals surface area contributed by atoms with Crippen molar-refractivity contribution in [3.63, 3.8) is 0 Å². The van der Waals surface area contributed by atoms with Gasteiger partial charge in [0.2, 0.25) is 5.91 Å². The molecule has 0 saturated carbocycles.